The summed E-state index contributed by atoms with van der Waals surface area (Å²) in [6.07, 6.45) is 3.02. The first-order chi connectivity index (χ1) is 11.8. The van der Waals surface area contributed by atoms with Crippen LogP contribution in [0.3, 0.4) is 0 Å². The van der Waals surface area contributed by atoms with Gasteiger partial charge in [0.05, 0.1) is 18.8 Å². The molecule has 25 heavy (non-hydrogen) atoms. The second-order valence-corrected chi connectivity index (χ2v) is 9.54. The first kappa shape index (κ1) is 20.2. The Labute approximate surface area is 156 Å². The fraction of sp³-hybridized carbons (Fsp3) is 0.571. The predicted octanol–water partition coefficient (Wildman–Crippen LogP) is 5.15. The molecule has 1 fully saturated rings. The Balaban J connectivity index is 1.72. The van der Waals surface area contributed by atoms with Gasteiger partial charge in [-0.1, -0.05) is 75.0 Å². The number of ether oxygens (including phenoxy) is 2. The van der Waals surface area contributed by atoms with Crippen molar-refractivity contribution in [2.24, 2.45) is 0 Å². The summed E-state index contributed by atoms with van der Waals surface area (Å²) in [5.74, 6) is 0. The molecule has 1 aromatic rings. The Morgan fingerprint density at radius 2 is 1.92 bits per heavy atom. The molecule has 0 unspecified atom stereocenters. The van der Waals surface area contributed by atoms with E-state index in [1.54, 1.807) is 0 Å². The van der Waals surface area contributed by atoms with Crippen molar-refractivity contribution in [1.82, 2.24) is 0 Å². The second-order valence-electron chi connectivity index (χ2n) is 7.66. The van der Waals surface area contributed by atoms with Crippen LogP contribution in [0.1, 0.15) is 52.0 Å². The van der Waals surface area contributed by atoms with Crippen LogP contribution in [0.25, 0.3) is 0 Å². The lowest BCUT2D eigenvalue weighted by molar-refractivity contribution is -0.116. The van der Waals surface area contributed by atoms with E-state index in [9.17, 15) is 4.79 Å². The van der Waals surface area contributed by atoms with E-state index in [4.69, 9.17) is 9.47 Å². The molecule has 1 saturated heterocycles. The Bertz CT molecular complexity index is 562. The molecular weight excluding hydrogens is 332 g/mol. The van der Waals surface area contributed by atoms with Crippen LogP contribution < -0.4 is 0 Å². The van der Waals surface area contributed by atoms with Gasteiger partial charge in [0, 0.05) is 17.8 Å². The zero-order valence-electron chi connectivity index (χ0n) is 15.6. The van der Waals surface area contributed by atoms with Gasteiger partial charge in [0.2, 0.25) is 0 Å². The van der Waals surface area contributed by atoms with Crippen LogP contribution in [0.2, 0.25) is 0 Å². The lowest BCUT2D eigenvalue weighted by Crippen LogP contribution is -2.31. The van der Waals surface area contributed by atoms with Crippen molar-refractivity contribution in [2.45, 2.75) is 70.0 Å². The minimum atomic E-state index is -0.0482. The molecule has 0 amide bonds. The topological polar surface area (TPSA) is 35.5 Å². The highest BCUT2D eigenvalue weighted by Crippen LogP contribution is 2.31. The predicted molar refractivity (Wildman–Crippen MR) is 105 cm³/mol. The molecule has 1 aliphatic heterocycles. The van der Waals surface area contributed by atoms with E-state index in [0.29, 0.717) is 19.6 Å². The van der Waals surface area contributed by atoms with E-state index in [-0.39, 0.29) is 22.1 Å². The van der Waals surface area contributed by atoms with Crippen LogP contribution in [-0.4, -0.2) is 28.7 Å². The SMILES string of the molecule is C=C1C[C@H](CCOCc2ccccc2)O[C@H](CC(=O)SC(C)(C)C)C1. The standard InChI is InChI=1S/C21H30O3S/c1-16-12-18(10-11-23-15-17-8-6-5-7-9-17)24-19(13-16)14-20(22)25-21(2,3)4/h5-9,18-19H,1,10-15H2,2-4H3/t18-,19-/m0/s1. The van der Waals surface area contributed by atoms with Crippen LogP contribution in [-0.2, 0) is 20.9 Å². The molecule has 0 aromatic heterocycles. The van der Waals surface area contributed by atoms with Gasteiger partial charge < -0.3 is 9.47 Å². The molecule has 1 aliphatic rings. The molecule has 0 radical (unpaired) electrons. The second kappa shape index (κ2) is 9.56. The summed E-state index contributed by atoms with van der Waals surface area (Å²) in [5.41, 5.74) is 2.36. The van der Waals surface area contributed by atoms with Gasteiger partial charge in [-0.3, -0.25) is 4.79 Å². The van der Waals surface area contributed by atoms with Crippen molar-refractivity contribution in [3.05, 3.63) is 48.0 Å². The first-order valence-corrected chi connectivity index (χ1v) is 9.79. The largest absolute Gasteiger partial charge is 0.377 e. The third kappa shape index (κ3) is 8.21. The van der Waals surface area contributed by atoms with Gasteiger partial charge in [-0.05, 0) is 24.8 Å². The molecule has 0 saturated carbocycles. The van der Waals surface area contributed by atoms with Crippen molar-refractivity contribution in [1.29, 1.82) is 0 Å². The Morgan fingerprint density at radius 1 is 1.24 bits per heavy atom. The van der Waals surface area contributed by atoms with Crippen molar-refractivity contribution in [2.75, 3.05) is 6.61 Å². The van der Waals surface area contributed by atoms with E-state index >= 15 is 0 Å². The van der Waals surface area contributed by atoms with Gasteiger partial charge in [-0.15, -0.1) is 0 Å². The number of rotatable bonds is 7. The highest BCUT2D eigenvalue weighted by atomic mass is 32.2. The summed E-state index contributed by atoms with van der Waals surface area (Å²) in [5, 5.41) is 0.200. The molecule has 0 N–H and O–H groups in total. The number of benzene rings is 1. The molecule has 1 heterocycles. The molecule has 0 spiro atoms. The van der Waals surface area contributed by atoms with E-state index in [1.807, 2.05) is 18.2 Å². The minimum Gasteiger partial charge on any atom is -0.377 e. The van der Waals surface area contributed by atoms with Crippen LogP contribution in [0.5, 0.6) is 0 Å². The molecular formula is C21H30O3S. The maximum atomic E-state index is 12.2. The van der Waals surface area contributed by atoms with E-state index in [2.05, 4.69) is 39.5 Å². The van der Waals surface area contributed by atoms with E-state index in [1.165, 1.54) is 22.9 Å². The van der Waals surface area contributed by atoms with Gasteiger partial charge in [0.1, 0.15) is 0 Å². The quantitative estimate of drug-likeness (QED) is 0.497. The highest BCUT2D eigenvalue weighted by Gasteiger charge is 2.28. The highest BCUT2D eigenvalue weighted by molar-refractivity contribution is 8.14. The summed E-state index contributed by atoms with van der Waals surface area (Å²) in [4.78, 5) is 12.2. The van der Waals surface area contributed by atoms with Crippen LogP contribution in [0, 0.1) is 0 Å². The number of thioether (sulfide) groups is 1. The molecule has 2 rings (SSSR count). The van der Waals surface area contributed by atoms with Crippen LogP contribution >= 0.6 is 11.8 Å². The number of carbonyl (C=O) groups excluding carboxylic acids is 1. The smallest absolute Gasteiger partial charge is 0.192 e. The number of hydrogen-bond acceptors (Lipinski definition) is 4. The average molecular weight is 363 g/mol. The fourth-order valence-electron chi connectivity index (χ4n) is 2.93. The van der Waals surface area contributed by atoms with Gasteiger partial charge in [-0.25, -0.2) is 0 Å². The fourth-order valence-corrected chi connectivity index (χ4v) is 3.89. The summed E-state index contributed by atoms with van der Waals surface area (Å²) in [7, 11) is 0. The molecule has 0 bridgehead atoms. The average Bonchev–Trinajstić information content (AvgIpc) is 2.50. The Morgan fingerprint density at radius 3 is 2.60 bits per heavy atom. The maximum Gasteiger partial charge on any atom is 0.192 e. The van der Waals surface area contributed by atoms with Gasteiger partial charge >= 0.3 is 0 Å². The first-order valence-electron chi connectivity index (χ1n) is 8.97. The maximum absolute atomic E-state index is 12.2. The Hall–Kier alpha value is -1.10. The zero-order chi connectivity index (χ0) is 18.3. The summed E-state index contributed by atoms with van der Waals surface area (Å²) in [6, 6.07) is 10.2. The van der Waals surface area contributed by atoms with Crippen molar-refractivity contribution in [3.63, 3.8) is 0 Å². The van der Waals surface area contributed by atoms with Gasteiger partial charge in [0.25, 0.3) is 0 Å². The summed E-state index contributed by atoms with van der Waals surface area (Å²) >= 11 is 1.40. The lowest BCUT2D eigenvalue weighted by Gasteiger charge is -2.31. The van der Waals surface area contributed by atoms with Gasteiger partial charge in [0.15, 0.2) is 5.12 Å². The molecule has 138 valence electrons. The minimum absolute atomic E-state index is 0.0391. The number of carbonyl (C=O) groups is 1. The monoisotopic (exact) mass is 362 g/mol. The van der Waals surface area contributed by atoms with E-state index in [0.717, 1.165) is 19.3 Å². The van der Waals surface area contributed by atoms with Crippen molar-refractivity contribution < 1.29 is 14.3 Å². The molecule has 0 aliphatic carbocycles. The summed E-state index contributed by atoms with van der Waals surface area (Å²) < 4.78 is 11.8. The van der Waals surface area contributed by atoms with Crippen molar-refractivity contribution in [3.8, 4) is 0 Å². The third-order valence-electron chi connectivity index (χ3n) is 3.93. The normalized spacial score (nSPS) is 21.3. The molecule has 1 aromatic carbocycles. The van der Waals surface area contributed by atoms with Crippen molar-refractivity contribution >= 4 is 16.9 Å². The van der Waals surface area contributed by atoms with Crippen LogP contribution in [0.15, 0.2) is 42.5 Å². The molecule has 4 heteroatoms. The number of hydrogen-bond donors (Lipinski definition) is 0. The molecule has 3 nitrogen and oxygen atoms in total. The lowest BCUT2D eigenvalue weighted by atomic mass is 9.96. The zero-order valence-corrected chi connectivity index (χ0v) is 16.4. The van der Waals surface area contributed by atoms with Gasteiger partial charge in [-0.2, -0.15) is 0 Å². The van der Waals surface area contributed by atoms with Crippen LogP contribution in [0.4, 0.5) is 0 Å². The Kier molecular flexibility index (Phi) is 7.73. The van der Waals surface area contributed by atoms with E-state index < -0.39 is 0 Å². The molecule has 2 atom stereocenters. The summed E-state index contributed by atoms with van der Waals surface area (Å²) in [6.45, 7) is 11.6. The third-order valence-corrected chi connectivity index (χ3v) is 4.93.